The second kappa shape index (κ2) is 9.47. The molecule has 174 valence electrons. The molecule has 4 aromatic heterocycles. The summed E-state index contributed by atoms with van der Waals surface area (Å²) < 4.78 is 6.92. The summed E-state index contributed by atoms with van der Waals surface area (Å²) in [5, 5.41) is 4.84. The lowest BCUT2D eigenvalue weighted by Gasteiger charge is -2.06. The van der Waals surface area contributed by atoms with Crippen LogP contribution in [0.2, 0.25) is 0 Å². The van der Waals surface area contributed by atoms with Gasteiger partial charge in [0.2, 0.25) is 0 Å². The second-order valence-corrected chi connectivity index (χ2v) is 8.70. The fraction of sp³-hybridized carbons (Fsp3) is 0.115. The molecule has 0 saturated carbocycles. The van der Waals surface area contributed by atoms with E-state index in [1.54, 1.807) is 30.9 Å². The summed E-state index contributed by atoms with van der Waals surface area (Å²) in [7, 11) is 0. The molecule has 0 spiro atoms. The number of ether oxygens (including phenoxy) is 1. The summed E-state index contributed by atoms with van der Waals surface area (Å²) in [5.41, 5.74) is 3.25. The standard InChI is InChI=1S/C26H21N5O3S/c1-3-34-26(33)22-16(2)21-24(32)29-23(30-25(21)35-22)19(20-11-7-8-12-27-20)13-17-14-28-31(15-17)18-9-5-4-6-10-18/h4-15H,3H2,1-2H3,(H,29,30,32). The van der Waals surface area contributed by atoms with E-state index in [-0.39, 0.29) is 12.2 Å². The number of rotatable bonds is 6. The average molecular weight is 484 g/mol. The van der Waals surface area contributed by atoms with E-state index < -0.39 is 5.97 Å². The van der Waals surface area contributed by atoms with Gasteiger partial charge in [-0.3, -0.25) is 9.78 Å². The quantitative estimate of drug-likeness (QED) is 0.353. The first-order valence-corrected chi connectivity index (χ1v) is 11.8. The normalized spacial score (nSPS) is 11.7. The van der Waals surface area contributed by atoms with Crippen LogP contribution in [0.3, 0.4) is 0 Å². The monoisotopic (exact) mass is 483 g/mol. The Labute approximate surface area is 204 Å². The number of carbonyl (C=O) groups is 1. The van der Waals surface area contributed by atoms with Crippen LogP contribution in [0.4, 0.5) is 0 Å². The molecule has 0 unspecified atom stereocenters. The zero-order chi connectivity index (χ0) is 24.4. The lowest BCUT2D eigenvalue weighted by molar-refractivity contribution is 0.0531. The number of benzene rings is 1. The van der Waals surface area contributed by atoms with Crippen LogP contribution in [-0.4, -0.2) is 37.3 Å². The molecule has 4 heterocycles. The maximum atomic E-state index is 13.1. The van der Waals surface area contributed by atoms with Gasteiger partial charge < -0.3 is 9.72 Å². The number of para-hydroxylation sites is 1. The number of aryl methyl sites for hydroxylation is 1. The molecule has 35 heavy (non-hydrogen) atoms. The van der Waals surface area contributed by atoms with Crippen LogP contribution in [0.15, 0.2) is 71.9 Å². The fourth-order valence-corrected chi connectivity index (χ4v) is 4.82. The van der Waals surface area contributed by atoms with Crippen molar-refractivity contribution in [3.8, 4) is 5.69 Å². The van der Waals surface area contributed by atoms with E-state index in [4.69, 9.17) is 9.72 Å². The van der Waals surface area contributed by atoms with Gasteiger partial charge in [0.05, 0.1) is 29.6 Å². The Hall–Kier alpha value is -4.37. The van der Waals surface area contributed by atoms with E-state index in [1.807, 2.05) is 60.8 Å². The SMILES string of the molecule is CCOC(=O)c1sc2nc(C(=Cc3cnn(-c4ccccc4)c3)c3ccccn3)[nH]c(=O)c2c1C. The lowest BCUT2D eigenvalue weighted by Crippen LogP contribution is -2.12. The molecule has 0 bridgehead atoms. The van der Waals surface area contributed by atoms with Crippen molar-refractivity contribution in [3.05, 3.63) is 105 Å². The fourth-order valence-electron chi connectivity index (χ4n) is 3.75. The number of nitrogens with zero attached hydrogens (tertiary/aromatic N) is 4. The Morgan fingerprint density at radius 2 is 1.97 bits per heavy atom. The van der Waals surface area contributed by atoms with Crippen LogP contribution in [-0.2, 0) is 4.74 Å². The molecule has 1 aromatic carbocycles. The highest BCUT2D eigenvalue weighted by molar-refractivity contribution is 7.20. The number of hydrogen-bond donors (Lipinski definition) is 1. The number of thiophene rings is 1. The van der Waals surface area contributed by atoms with E-state index in [9.17, 15) is 9.59 Å². The van der Waals surface area contributed by atoms with Gasteiger partial charge in [0.25, 0.3) is 5.56 Å². The number of H-pyrrole nitrogens is 1. The molecular formula is C26H21N5O3S. The molecule has 0 saturated heterocycles. The molecule has 0 radical (unpaired) electrons. The maximum absolute atomic E-state index is 13.1. The van der Waals surface area contributed by atoms with Crippen LogP contribution >= 0.6 is 11.3 Å². The Morgan fingerprint density at radius 3 is 2.71 bits per heavy atom. The van der Waals surface area contributed by atoms with Gasteiger partial charge in [0.15, 0.2) is 0 Å². The van der Waals surface area contributed by atoms with Crippen LogP contribution in [0.5, 0.6) is 0 Å². The van der Waals surface area contributed by atoms with Gasteiger partial charge in [-0.15, -0.1) is 11.3 Å². The lowest BCUT2D eigenvalue weighted by atomic mass is 10.1. The summed E-state index contributed by atoms with van der Waals surface area (Å²) in [4.78, 5) is 38.4. The third kappa shape index (κ3) is 4.41. The summed E-state index contributed by atoms with van der Waals surface area (Å²) in [6.45, 7) is 3.73. The van der Waals surface area contributed by atoms with Crippen molar-refractivity contribution < 1.29 is 9.53 Å². The van der Waals surface area contributed by atoms with Gasteiger partial charge >= 0.3 is 5.97 Å². The van der Waals surface area contributed by atoms with E-state index in [2.05, 4.69) is 15.1 Å². The number of carbonyl (C=O) groups excluding carboxylic acids is 1. The zero-order valence-electron chi connectivity index (χ0n) is 19.1. The number of esters is 1. The van der Waals surface area contributed by atoms with Crippen LogP contribution in [0.25, 0.3) is 27.6 Å². The molecule has 0 fully saturated rings. The smallest absolute Gasteiger partial charge is 0.348 e. The first kappa shape index (κ1) is 22.4. The molecule has 0 amide bonds. The summed E-state index contributed by atoms with van der Waals surface area (Å²) in [6, 6.07) is 15.3. The molecular weight excluding hydrogens is 462 g/mol. The van der Waals surface area contributed by atoms with Gasteiger partial charge in [-0.2, -0.15) is 5.10 Å². The van der Waals surface area contributed by atoms with Crippen molar-refractivity contribution in [1.29, 1.82) is 0 Å². The molecule has 5 rings (SSSR count). The highest BCUT2D eigenvalue weighted by Gasteiger charge is 2.21. The summed E-state index contributed by atoms with van der Waals surface area (Å²) in [5.74, 6) is -0.104. The Balaban J connectivity index is 1.64. The van der Waals surface area contributed by atoms with Crippen LogP contribution in [0, 0.1) is 6.92 Å². The molecule has 9 heteroatoms. The topological polar surface area (TPSA) is 103 Å². The largest absolute Gasteiger partial charge is 0.462 e. The van der Waals surface area contributed by atoms with E-state index in [1.165, 1.54) is 0 Å². The van der Waals surface area contributed by atoms with Crippen molar-refractivity contribution in [2.45, 2.75) is 13.8 Å². The van der Waals surface area contributed by atoms with Crippen molar-refractivity contribution in [2.75, 3.05) is 6.61 Å². The maximum Gasteiger partial charge on any atom is 0.348 e. The number of pyridine rings is 1. The minimum Gasteiger partial charge on any atom is -0.462 e. The van der Waals surface area contributed by atoms with Crippen molar-refractivity contribution in [1.82, 2.24) is 24.7 Å². The van der Waals surface area contributed by atoms with Crippen molar-refractivity contribution in [3.63, 3.8) is 0 Å². The van der Waals surface area contributed by atoms with E-state index in [0.29, 0.717) is 37.7 Å². The third-order valence-corrected chi connectivity index (χ3v) is 6.56. The highest BCUT2D eigenvalue weighted by atomic mass is 32.1. The minimum absolute atomic E-state index is 0.255. The Bertz CT molecular complexity index is 1600. The minimum atomic E-state index is -0.456. The predicted octanol–water partition coefficient (Wildman–Crippen LogP) is 4.64. The molecule has 0 aliphatic carbocycles. The van der Waals surface area contributed by atoms with Crippen LogP contribution in [0.1, 0.15) is 39.2 Å². The molecule has 0 aliphatic rings. The summed E-state index contributed by atoms with van der Waals surface area (Å²) in [6.07, 6.45) is 7.19. The van der Waals surface area contributed by atoms with Gasteiger partial charge in [0.1, 0.15) is 15.5 Å². The molecule has 5 aromatic rings. The van der Waals surface area contributed by atoms with Crippen LogP contribution < -0.4 is 5.56 Å². The second-order valence-electron chi connectivity index (χ2n) is 7.70. The van der Waals surface area contributed by atoms with Crippen molar-refractivity contribution >= 4 is 39.2 Å². The third-order valence-electron chi connectivity index (χ3n) is 5.39. The Kier molecular flexibility index (Phi) is 6.07. The van der Waals surface area contributed by atoms with Gasteiger partial charge in [0, 0.05) is 23.5 Å². The highest BCUT2D eigenvalue weighted by Crippen LogP contribution is 2.30. The average Bonchev–Trinajstić information content (AvgIpc) is 3.48. The van der Waals surface area contributed by atoms with Crippen molar-refractivity contribution in [2.24, 2.45) is 0 Å². The zero-order valence-corrected chi connectivity index (χ0v) is 19.9. The Morgan fingerprint density at radius 1 is 1.17 bits per heavy atom. The molecule has 0 atom stereocenters. The number of aromatic amines is 1. The number of nitrogens with one attached hydrogen (secondary N) is 1. The van der Waals surface area contributed by atoms with E-state index >= 15 is 0 Å². The number of fused-ring (bicyclic) bond motifs is 1. The summed E-state index contributed by atoms with van der Waals surface area (Å²) >= 11 is 1.15. The predicted molar refractivity (Wildman–Crippen MR) is 136 cm³/mol. The molecule has 1 N–H and O–H groups in total. The first-order chi connectivity index (χ1) is 17.0. The molecule has 8 nitrogen and oxygen atoms in total. The molecule has 0 aliphatic heterocycles. The van der Waals surface area contributed by atoms with Gasteiger partial charge in [-0.25, -0.2) is 14.5 Å². The first-order valence-electron chi connectivity index (χ1n) is 11.0. The number of hydrogen-bond acceptors (Lipinski definition) is 7. The van der Waals surface area contributed by atoms with Gasteiger partial charge in [-0.1, -0.05) is 24.3 Å². The van der Waals surface area contributed by atoms with Gasteiger partial charge in [-0.05, 0) is 49.8 Å². The number of aromatic nitrogens is 5. The van der Waals surface area contributed by atoms with E-state index in [0.717, 1.165) is 22.6 Å².